The summed E-state index contributed by atoms with van der Waals surface area (Å²) < 4.78 is 5.00. The quantitative estimate of drug-likeness (QED) is 0.492. The van der Waals surface area contributed by atoms with Gasteiger partial charge in [0.05, 0.1) is 19.0 Å². The van der Waals surface area contributed by atoms with Crippen LogP contribution in [-0.4, -0.2) is 34.5 Å². The van der Waals surface area contributed by atoms with Gasteiger partial charge in [-0.25, -0.2) is 5.43 Å². The van der Waals surface area contributed by atoms with E-state index in [1.165, 1.54) is 19.4 Å². The molecule has 7 heteroatoms. The number of hydrogen-bond donors (Lipinski definition) is 3. The Morgan fingerprint density at radius 1 is 1.24 bits per heavy atom. The Bertz CT molecular complexity index is 904. The molecule has 1 amide bonds. The molecule has 0 spiro atoms. The van der Waals surface area contributed by atoms with E-state index >= 15 is 0 Å². The van der Waals surface area contributed by atoms with E-state index in [1.807, 2.05) is 30.3 Å². The zero-order valence-corrected chi connectivity index (χ0v) is 13.4. The van der Waals surface area contributed by atoms with Crippen molar-refractivity contribution in [1.82, 2.24) is 15.6 Å². The van der Waals surface area contributed by atoms with Gasteiger partial charge in [-0.3, -0.25) is 9.89 Å². The van der Waals surface area contributed by atoms with E-state index in [2.05, 4.69) is 20.7 Å². The molecular formula is C18H16N4O3. The highest BCUT2D eigenvalue weighted by Crippen LogP contribution is 2.21. The molecule has 126 valence electrons. The maximum Gasteiger partial charge on any atom is 0.289 e. The summed E-state index contributed by atoms with van der Waals surface area (Å²) in [7, 11) is 1.51. The molecule has 0 saturated heterocycles. The second-order valence-electron chi connectivity index (χ2n) is 5.16. The number of aromatic hydroxyl groups is 1. The Morgan fingerprint density at radius 3 is 2.76 bits per heavy atom. The van der Waals surface area contributed by atoms with E-state index in [0.717, 1.165) is 5.56 Å². The minimum absolute atomic E-state index is 0.00486. The lowest BCUT2D eigenvalue weighted by Gasteiger charge is -2.02. The first-order valence-electron chi connectivity index (χ1n) is 7.48. The molecule has 0 aliphatic rings. The fourth-order valence-corrected chi connectivity index (χ4v) is 2.18. The Labute approximate surface area is 144 Å². The van der Waals surface area contributed by atoms with Crippen LogP contribution in [0.2, 0.25) is 0 Å². The van der Waals surface area contributed by atoms with E-state index in [-0.39, 0.29) is 11.4 Å². The summed E-state index contributed by atoms with van der Waals surface area (Å²) in [4.78, 5) is 12.1. The molecular weight excluding hydrogens is 320 g/mol. The molecule has 7 nitrogen and oxygen atoms in total. The number of H-pyrrole nitrogens is 1. The normalized spacial score (nSPS) is 10.8. The van der Waals surface area contributed by atoms with E-state index in [0.29, 0.717) is 17.0 Å². The van der Waals surface area contributed by atoms with Gasteiger partial charge in [0.2, 0.25) is 0 Å². The molecule has 0 bridgehead atoms. The molecule has 3 rings (SSSR count). The van der Waals surface area contributed by atoms with Gasteiger partial charge in [0, 0.05) is 17.2 Å². The molecule has 0 atom stereocenters. The van der Waals surface area contributed by atoms with Gasteiger partial charge < -0.3 is 9.84 Å². The van der Waals surface area contributed by atoms with Crippen molar-refractivity contribution in [3.05, 3.63) is 65.9 Å². The molecule has 0 radical (unpaired) electrons. The number of phenols is 1. The number of phenolic OH excluding ortho intramolecular Hbond substituents is 1. The summed E-state index contributed by atoms with van der Waals surface area (Å²) in [5, 5.41) is 20.5. The van der Waals surface area contributed by atoms with Crippen molar-refractivity contribution >= 4 is 12.1 Å². The average Bonchev–Trinajstić information content (AvgIpc) is 3.14. The van der Waals surface area contributed by atoms with Gasteiger partial charge in [0.25, 0.3) is 5.91 Å². The molecule has 0 saturated carbocycles. The van der Waals surface area contributed by atoms with Crippen molar-refractivity contribution < 1.29 is 14.6 Å². The molecule has 0 fully saturated rings. The van der Waals surface area contributed by atoms with Crippen LogP contribution >= 0.6 is 0 Å². The van der Waals surface area contributed by atoms with Gasteiger partial charge in [0.15, 0.2) is 0 Å². The van der Waals surface area contributed by atoms with Crippen molar-refractivity contribution in [2.45, 2.75) is 0 Å². The van der Waals surface area contributed by atoms with Crippen LogP contribution in [0.4, 0.5) is 0 Å². The van der Waals surface area contributed by atoms with Crippen molar-refractivity contribution in [3.63, 3.8) is 0 Å². The van der Waals surface area contributed by atoms with Crippen LogP contribution in [0.15, 0.2) is 59.7 Å². The fourth-order valence-electron chi connectivity index (χ4n) is 2.18. The number of nitrogens with zero attached hydrogens (tertiary/aromatic N) is 2. The second-order valence-corrected chi connectivity index (χ2v) is 5.16. The minimum Gasteiger partial charge on any atom is -0.507 e. The van der Waals surface area contributed by atoms with Crippen LogP contribution < -0.4 is 10.2 Å². The number of benzene rings is 2. The molecule has 0 unspecified atom stereocenters. The number of amides is 1. The third kappa shape index (κ3) is 3.84. The van der Waals surface area contributed by atoms with Crippen molar-refractivity contribution in [2.75, 3.05) is 7.11 Å². The largest absolute Gasteiger partial charge is 0.507 e. The molecule has 0 aliphatic heterocycles. The van der Waals surface area contributed by atoms with E-state index < -0.39 is 5.91 Å². The lowest BCUT2D eigenvalue weighted by molar-refractivity contribution is 0.0950. The first-order valence-corrected chi connectivity index (χ1v) is 7.48. The molecule has 25 heavy (non-hydrogen) atoms. The summed E-state index contributed by atoms with van der Waals surface area (Å²) in [6, 6.07) is 15.9. The van der Waals surface area contributed by atoms with Gasteiger partial charge in [-0.05, 0) is 18.2 Å². The Kier molecular flexibility index (Phi) is 4.75. The van der Waals surface area contributed by atoms with Crippen molar-refractivity contribution in [1.29, 1.82) is 0 Å². The van der Waals surface area contributed by atoms with Crippen LogP contribution in [0.3, 0.4) is 0 Å². The van der Waals surface area contributed by atoms with Crippen molar-refractivity contribution in [3.8, 4) is 22.8 Å². The summed E-state index contributed by atoms with van der Waals surface area (Å²) in [6.45, 7) is 0. The predicted molar refractivity (Wildman–Crippen MR) is 93.7 cm³/mol. The van der Waals surface area contributed by atoms with Crippen LogP contribution in [-0.2, 0) is 0 Å². The molecule has 2 aromatic carbocycles. The van der Waals surface area contributed by atoms with Crippen LogP contribution in [0, 0.1) is 0 Å². The number of aromatic amines is 1. The summed E-state index contributed by atoms with van der Waals surface area (Å²) in [6.07, 6.45) is 1.35. The fraction of sp³-hybridized carbons (Fsp3) is 0.0556. The number of carbonyl (C=O) groups is 1. The Balaban J connectivity index is 1.66. The topological polar surface area (TPSA) is 99.6 Å². The van der Waals surface area contributed by atoms with E-state index in [4.69, 9.17) is 4.74 Å². The molecule has 0 aliphatic carbocycles. The lowest BCUT2D eigenvalue weighted by atomic mass is 10.1. The van der Waals surface area contributed by atoms with Crippen molar-refractivity contribution in [2.24, 2.45) is 5.10 Å². The highest BCUT2D eigenvalue weighted by molar-refractivity contribution is 5.94. The number of carbonyl (C=O) groups excluding carboxylic acids is 1. The van der Waals surface area contributed by atoms with Gasteiger partial charge in [-0.15, -0.1) is 0 Å². The highest BCUT2D eigenvalue weighted by atomic mass is 16.5. The van der Waals surface area contributed by atoms with Gasteiger partial charge in [-0.2, -0.15) is 10.2 Å². The van der Waals surface area contributed by atoms with E-state index in [9.17, 15) is 9.90 Å². The van der Waals surface area contributed by atoms with Crippen LogP contribution in [0.1, 0.15) is 16.1 Å². The first-order chi connectivity index (χ1) is 12.2. The average molecular weight is 336 g/mol. The zero-order chi connectivity index (χ0) is 17.6. The number of rotatable bonds is 5. The standard InChI is InChI=1S/C18H16N4O3/c1-25-14-8-7-13(17(23)9-14)11-19-22-18(24)16-10-15(20-21-16)12-5-3-2-4-6-12/h2-11,23H,1H3,(H,20,21)(H,22,24)/b19-11+. The molecule has 1 aromatic heterocycles. The first kappa shape index (κ1) is 16.3. The third-order valence-corrected chi connectivity index (χ3v) is 3.50. The Morgan fingerprint density at radius 2 is 2.04 bits per heavy atom. The highest BCUT2D eigenvalue weighted by Gasteiger charge is 2.10. The molecule has 3 aromatic rings. The maximum absolute atomic E-state index is 12.1. The van der Waals surface area contributed by atoms with Gasteiger partial charge >= 0.3 is 0 Å². The maximum atomic E-state index is 12.1. The number of nitrogens with one attached hydrogen (secondary N) is 2. The minimum atomic E-state index is -0.432. The number of hydrogen-bond acceptors (Lipinski definition) is 5. The number of hydrazone groups is 1. The number of methoxy groups -OCH3 is 1. The van der Waals surface area contributed by atoms with Crippen LogP contribution in [0.25, 0.3) is 11.3 Å². The summed E-state index contributed by atoms with van der Waals surface area (Å²) >= 11 is 0. The number of ether oxygens (including phenoxy) is 1. The molecule has 1 heterocycles. The summed E-state index contributed by atoms with van der Waals surface area (Å²) in [5.74, 6) is 0.105. The van der Waals surface area contributed by atoms with Gasteiger partial charge in [-0.1, -0.05) is 30.3 Å². The smallest absolute Gasteiger partial charge is 0.289 e. The summed E-state index contributed by atoms with van der Waals surface area (Å²) in [5.41, 5.74) is 4.70. The molecule has 3 N–H and O–H groups in total. The predicted octanol–water partition coefficient (Wildman–Crippen LogP) is 2.55. The van der Waals surface area contributed by atoms with Gasteiger partial charge in [0.1, 0.15) is 17.2 Å². The zero-order valence-electron chi connectivity index (χ0n) is 13.4. The third-order valence-electron chi connectivity index (χ3n) is 3.50. The van der Waals surface area contributed by atoms with Crippen LogP contribution in [0.5, 0.6) is 11.5 Å². The SMILES string of the molecule is COc1ccc(/C=N/NC(=O)c2cc(-c3ccccc3)n[nH]2)c(O)c1. The number of aromatic nitrogens is 2. The Hall–Kier alpha value is -3.61. The van der Waals surface area contributed by atoms with E-state index in [1.54, 1.807) is 18.2 Å². The monoisotopic (exact) mass is 336 g/mol. The lowest BCUT2D eigenvalue weighted by Crippen LogP contribution is -2.18. The second kappa shape index (κ2) is 7.31.